The maximum absolute atomic E-state index is 6.06. The van der Waals surface area contributed by atoms with Crippen molar-refractivity contribution in [2.24, 2.45) is 0 Å². The number of hydrogen-bond acceptors (Lipinski definition) is 3. The summed E-state index contributed by atoms with van der Waals surface area (Å²) in [5.74, 6) is 0.983. The molecule has 1 aromatic rings. The molecule has 2 aliphatic rings. The SMILES string of the molecule is Cc1cc2c(cn1)O[C@]1(CN[C@@H](C)C1)C2. The van der Waals surface area contributed by atoms with Crippen molar-refractivity contribution in [1.82, 2.24) is 10.3 Å². The number of ether oxygens (including phenoxy) is 1. The number of hydrogen-bond donors (Lipinski definition) is 1. The van der Waals surface area contributed by atoms with Crippen molar-refractivity contribution in [3.05, 3.63) is 23.5 Å². The molecule has 0 saturated carbocycles. The average Bonchev–Trinajstić information content (AvgIpc) is 2.69. The zero-order valence-corrected chi connectivity index (χ0v) is 9.21. The quantitative estimate of drug-likeness (QED) is 0.694. The van der Waals surface area contributed by atoms with Crippen LogP contribution < -0.4 is 10.1 Å². The van der Waals surface area contributed by atoms with Crippen LogP contribution in [-0.4, -0.2) is 23.2 Å². The van der Waals surface area contributed by atoms with Gasteiger partial charge in [0, 0.05) is 36.7 Å². The Labute approximate surface area is 89.9 Å². The van der Waals surface area contributed by atoms with Crippen molar-refractivity contribution in [2.75, 3.05) is 6.54 Å². The highest BCUT2D eigenvalue weighted by molar-refractivity contribution is 5.39. The molecule has 3 heteroatoms. The lowest BCUT2D eigenvalue weighted by atomic mass is 9.95. The van der Waals surface area contributed by atoms with Crippen molar-refractivity contribution >= 4 is 0 Å². The fourth-order valence-electron chi connectivity index (χ4n) is 2.73. The van der Waals surface area contributed by atoms with Crippen molar-refractivity contribution in [2.45, 2.75) is 38.3 Å². The van der Waals surface area contributed by atoms with Crippen molar-refractivity contribution in [3.63, 3.8) is 0 Å². The number of fused-ring (bicyclic) bond motifs is 1. The molecule has 1 N–H and O–H groups in total. The van der Waals surface area contributed by atoms with Crippen LogP contribution in [0.4, 0.5) is 0 Å². The lowest BCUT2D eigenvalue weighted by Crippen LogP contribution is -2.36. The average molecular weight is 204 g/mol. The Kier molecular flexibility index (Phi) is 1.80. The first-order chi connectivity index (χ1) is 7.17. The second kappa shape index (κ2) is 2.95. The number of pyridine rings is 1. The molecule has 2 aliphatic heterocycles. The molecule has 0 unspecified atom stereocenters. The largest absolute Gasteiger partial charge is 0.484 e. The molecule has 1 spiro atoms. The minimum Gasteiger partial charge on any atom is -0.484 e. The van der Waals surface area contributed by atoms with Gasteiger partial charge in [-0.25, -0.2) is 0 Å². The van der Waals surface area contributed by atoms with Crippen LogP contribution in [0.15, 0.2) is 12.3 Å². The van der Waals surface area contributed by atoms with Crippen molar-refractivity contribution in [1.29, 1.82) is 0 Å². The van der Waals surface area contributed by atoms with Crippen LogP contribution in [0.5, 0.6) is 5.75 Å². The number of nitrogens with zero attached hydrogens (tertiary/aromatic N) is 1. The molecule has 0 radical (unpaired) electrons. The molecule has 15 heavy (non-hydrogen) atoms. The number of rotatable bonds is 0. The molecular weight excluding hydrogens is 188 g/mol. The predicted molar refractivity (Wildman–Crippen MR) is 58.1 cm³/mol. The van der Waals surface area contributed by atoms with E-state index in [0.29, 0.717) is 6.04 Å². The van der Waals surface area contributed by atoms with Gasteiger partial charge in [-0.1, -0.05) is 0 Å². The van der Waals surface area contributed by atoms with Crippen LogP contribution in [0, 0.1) is 6.92 Å². The fraction of sp³-hybridized carbons (Fsp3) is 0.583. The van der Waals surface area contributed by atoms with Crippen LogP contribution in [0.25, 0.3) is 0 Å². The van der Waals surface area contributed by atoms with Crippen molar-refractivity contribution in [3.8, 4) is 5.75 Å². The van der Waals surface area contributed by atoms with Crippen LogP contribution in [-0.2, 0) is 6.42 Å². The third-order valence-electron chi connectivity index (χ3n) is 3.38. The molecule has 3 heterocycles. The zero-order valence-electron chi connectivity index (χ0n) is 9.21. The molecule has 1 saturated heterocycles. The minimum absolute atomic E-state index is 0.0111. The smallest absolute Gasteiger partial charge is 0.141 e. The zero-order chi connectivity index (χ0) is 10.5. The van der Waals surface area contributed by atoms with E-state index in [1.54, 1.807) is 0 Å². The van der Waals surface area contributed by atoms with E-state index in [4.69, 9.17) is 4.74 Å². The Morgan fingerprint density at radius 1 is 1.60 bits per heavy atom. The molecule has 3 nitrogen and oxygen atoms in total. The first-order valence-corrected chi connectivity index (χ1v) is 5.55. The van der Waals surface area contributed by atoms with Gasteiger partial charge in [0.05, 0.1) is 6.20 Å². The summed E-state index contributed by atoms with van der Waals surface area (Å²) in [6.07, 6.45) is 3.99. The lowest BCUT2D eigenvalue weighted by molar-refractivity contribution is 0.115. The summed E-state index contributed by atoms with van der Waals surface area (Å²) >= 11 is 0. The van der Waals surface area contributed by atoms with Gasteiger partial charge in [-0.3, -0.25) is 4.98 Å². The van der Waals surface area contributed by atoms with Gasteiger partial charge in [0.2, 0.25) is 0 Å². The number of nitrogens with one attached hydrogen (secondary N) is 1. The third kappa shape index (κ3) is 1.42. The van der Waals surface area contributed by atoms with E-state index in [-0.39, 0.29) is 5.60 Å². The molecule has 0 aliphatic carbocycles. The second-order valence-corrected chi connectivity index (χ2v) is 4.88. The third-order valence-corrected chi connectivity index (χ3v) is 3.38. The highest BCUT2D eigenvalue weighted by atomic mass is 16.5. The monoisotopic (exact) mass is 204 g/mol. The highest BCUT2D eigenvalue weighted by Crippen LogP contribution is 2.39. The van der Waals surface area contributed by atoms with Gasteiger partial charge in [-0.05, 0) is 19.9 Å². The highest BCUT2D eigenvalue weighted by Gasteiger charge is 2.44. The van der Waals surface area contributed by atoms with Gasteiger partial charge < -0.3 is 10.1 Å². The molecule has 0 aromatic carbocycles. The summed E-state index contributed by atoms with van der Waals surface area (Å²) in [5, 5.41) is 3.46. The maximum Gasteiger partial charge on any atom is 0.141 e. The molecule has 80 valence electrons. The standard InChI is InChI=1S/C12H16N2O/c1-8-3-10-5-12(4-9(2)14-7-12)15-11(10)6-13-8/h3,6,9,14H,4-5,7H2,1-2H3/t9-,12-/m0/s1. The topological polar surface area (TPSA) is 34.1 Å². The van der Waals surface area contributed by atoms with E-state index in [0.717, 1.165) is 30.8 Å². The summed E-state index contributed by atoms with van der Waals surface area (Å²) < 4.78 is 6.06. The fourth-order valence-corrected chi connectivity index (χ4v) is 2.73. The van der Waals surface area contributed by atoms with E-state index < -0.39 is 0 Å². The number of aromatic nitrogens is 1. The molecular formula is C12H16N2O. The van der Waals surface area contributed by atoms with Crippen LogP contribution in [0.1, 0.15) is 24.6 Å². The van der Waals surface area contributed by atoms with Crippen LogP contribution >= 0.6 is 0 Å². The summed E-state index contributed by atoms with van der Waals surface area (Å²) in [6, 6.07) is 2.71. The van der Waals surface area contributed by atoms with Gasteiger partial charge in [0.15, 0.2) is 0 Å². The first-order valence-electron chi connectivity index (χ1n) is 5.55. The molecule has 1 fully saturated rings. The predicted octanol–water partition coefficient (Wildman–Crippen LogP) is 1.45. The molecule has 2 atom stereocenters. The van der Waals surface area contributed by atoms with E-state index >= 15 is 0 Å². The second-order valence-electron chi connectivity index (χ2n) is 4.88. The van der Waals surface area contributed by atoms with Gasteiger partial charge in [0.1, 0.15) is 11.4 Å². The number of aryl methyl sites for hydroxylation is 1. The van der Waals surface area contributed by atoms with Crippen molar-refractivity contribution < 1.29 is 4.74 Å². The van der Waals surface area contributed by atoms with E-state index in [1.807, 2.05) is 13.1 Å². The molecule has 1 aromatic heterocycles. The Hall–Kier alpha value is -1.09. The lowest BCUT2D eigenvalue weighted by Gasteiger charge is -2.21. The van der Waals surface area contributed by atoms with Gasteiger partial charge in [-0.2, -0.15) is 0 Å². The van der Waals surface area contributed by atoms with Crippen LogP contribution in [0.2, 0.25) is 0 Å². The molecule has 3 rings (SSSR count). The Bertz CT molecular complexity index is 405. The first kappa shape index (κ1) is 9.16. The van der Waals surface area contributed by atoms with E-state index in [2.05, 4.69) is 23.3 Å². The van der Waals surface area contributed by atoms with Gasteiger partial charge in [0.25, 0.3) is 0 Å². The Morgan fingerprint density at radius 2 is 2.47 bits per heavy atom. The van der Waals surface area contributed by atoms with Crippen LogP contribution in [0.3, 0.4) is 0 Å². The Morgan fingerprint density at radius 3 is 3.20 bits per heavy atom. The normalized spacial score (nSPS) is 33.1. The van der Waals surface area contributed by atoms with Gasteiger partial charge in [-0.15, -0.1) is 0 Å². The summed E-state index contributed by atoms with van der Waals surface area (Å²) in [5.41, 5.74) is 2.41. The van der Waals surface area contributed by atoms with E-state index in [9.17, 15) is 0 Å². The Balaban J connectivity index is 1.92. The molecule has 0 bridgehead atoms. The van der Waals surface area contributed by atoms with Gasteiger partial charge >= 0.3 is 0 Å². The minimum atomic E-state index is 0.0111. The summed E-state index contributed by atoms with van der Waals surface area (Å²) in [7, 11) is 0. The molecule has 0 amide bonds. The van der Waals surface area contributed by atoms with E-state index in [1.165, 1.54) is 5.56 Å². The maximum atomic E-state index is 6.06. The summed E-state index contributed by atoms with van der Waals surface area (Å²) in [4.78, 5) is 4.28. The summed E-state index contributed by atoms with van der Waals surface area (Å²) in [6.45, 7) is 5.20.